The van der Waals surface area contributed by atoms with Crippen molar-refractivity contribution >= 4 is 13.6 Å². The third-order valence-electron chi connectivity index (χ3n) is 1.92. The molecule has 0 aromatic carbocycles. The second-order valence-corrected chi connectivity index (χ2v) is 4.60. The van der Waals surface area contributed by atoms with Gasteiger partial charge in [0.2, 0.25) is 0 Å². The van der Waals surface area contributed by atoms with Gasteiger partial charge in [-0.05, 0) is 0 Å². The molecule has 0 aliphatic rings. The van der Waals surface area contributed by atoms with Crippen LogP contribution in [0.5, 0.6) is 0 Å². The van der Waals surface area contributed by atoms with E-state index >= 15 is 0 Å². The van der Waals surface area contributed by atoms with Crippen LogP contribution >= 0.6 is 7.82 Å². The molecule has 0 rings (SSSR count). The van der Waals surface area contributed by atoms with Crippen molar-refractivity contribution < 1.29 is 48.5 Å². The van der Waals surface area contributed by atoms with Gasteiger partial charge in [-0.3, -0.25) is 9.32 Å². The molecular formula is C7H14FO9P. The largest absolute Gasteiger partial charge is 0.469 e. The van der Waals surface area contributed by atoms with E-state index in [-0.39, 0.29) is 0 Å². The second kappa shape index (κ2) is 7.22. The Morgan fingerprint density at radius 2 is 1.78 bits per heavy atom. The van der Waals surface area contributed by atoms with Crippen LogP contribution in [0.2, 0.25) is 0 Å². The summed E-state index contributed by atoms with van der Waals surface area (Å²) in [7, 11) is -4.90. The first kappa shape index (κ1) is 17.6. The molecule has 0 unspecified atom stereocenters. The van der Waals surface area contributed by atoms with E-state index in [4.69, 9.17) is 30.2 Å². The van der Waals surface area contributed by atoms with Gasteiger partial charge in [0.25, 0.3) is 0 Å². The predicted octanol–water partition coefficient (Wildman–Crippen LogP) is -2.92. The molecule has 4 atom stereocenters. The molecule has 0 heterocycles. The van der Waals surface area contributed by atoms with Crippen LogP contribution < -0.4 is 0 Å². The number of phosphoric ester groups is 1. The van der Waals surface area contributed by atoms with Gasteiger partial charge in [0.05, 0.1) is 6.61 Å². The molecule has 0 aliphatic heterocycles. The summed E-state index contributed by atoms with van der Waals surface area (Å²) in [6, 6.07) is 0. The zero-order valence-corrected chi connectivity index (χ0v) is 9.85. The SMILES string of the molecule is O=C(CO)[C@@H](O)[C@H](F)[C@H](O)[C@H](O)COP(=O)(O)O. The fraction of sp³-hybridized carbons (Fsp3) is 0.857. The molecule has 0 aromatic rings. The van der Waals surface area contributed by atoms with Crippen molar-refractivity contribution in [2.45, 2.75) is 24.5 Å². The number of hydrogen-bond donors (Lipinski definition) is 6. The van der Waals surface area contributed by atoms with Gasteiger partial charge >= 0.3 is 7.82 Å². The molecule has 0 bridgehead atoms. The maximum Gasteiger partial charge on any atom is 0.469 e. The first-order valence-electron chi connectivity index (χ1n) is 4.62. The van der Waals surface area contributed by atoms with E-state index < -0.39 is 51.3 Å². The van der Waals surface area contributed by atoms with E-state index in [1.807, 2.05) is 0 Å². The average molecular weight is 292 g/mol. The Morgan fingerprint density at radius 3 is 2.17 bits per heavy atom. The molecule has 108 valence electrons. The Morgan fingerprint density at radius 1 is 1.28 bits per heavy atom. The lowest BCUT2D eigenvalue weighted by molar-refractivity contribution is -0.140. The van der Waals surface area contributed by atoms with Crippen LogP contribution in [0.25, 0.3) is 0 Å². The van der Waals surface area contributed by atoms with E-state index in [1.165, 1.54) is 0 Å². The van der Waals surface area contributed by atoms with Crippen molar-refractivity contribution in [1.29, 1.82) is 0 Å². The van der Waals surface area contributed by atoms with Crippen LogP contribution in [0.1, 0.15) is 0 Å². The number of Topliss-reactive ketones (excluding diaryl/α,β-unsaturated/α-hetero) is 1. The summed E-state index contributed by atoms with van der Waals surface area (Å²) in [6.07, 6.45) is -9.40. The van der Waals surface area contributed by atoms with E-state index in [9.17, 15) is 13.8 Å². The van der Waals surface area contributed by atoms with Crippen molar-refractivity contribution in [1.82, 2.24) is 0 Å². The maximum absolute atomic E-state index is 13.3. The van der Waals surface area contributed by atoms with Gasteiger partial charge in [-0.1, -0.05) is 0 Å². The molecule has 0 saturated carbocycles. The minimum atomic E-state index is -4.90. The highest BCUT2D eigenvalue weighted by molar-refractivity contribution is 7.46. The summed E-state index contributed by atoms with van der Waals surface area (Å²) < 4.78 is 27.3. The average Bonchev–Trinajstić information content (AvgIpc) is 2.31. The molecule has 0 spiro atoms. The van der Waals surface area contributed by atoms with Gasteiger partial charge in [-0.15, -0.1) is 0 Å². The van der Waals surface area contributed by atoms with Crippen molar-refractivity contribution in [3.8, 4) is 0 Å². The molecule has 18 heavy (non-hydrogen) atoms. The lowest BCUT2D eigenvalue weighted by atomic mass is 10.0. The number of carbonyl (C=O) groups is 1. The quantitative estimate of drug-likeness (QED) is 0.257. The Bertz CT molecular complexity index is 318. The van der Waals surface area contributed by atoms with Gasteiger partial charge in [0.1, 0.15) is 24.9 Å². The highest BCUT2D eigenvalue weighted by Crippen LogP contribution is 2.35. The van der Waals surface area contributed by atoms with Crippen molar-refractivity contribution in [2.24, 2.45) is 0 Å². The molecule has 0 aliphatic carbocycles. The predicted molar refractivity (Wildman–Crippen MR) is 53.0 cm³/mol. The number of phosphoric acid groups is 1. The molecule has 0 aromatic heterocycles. The van der Waals surface area contributed by atoms with Crippen LogP contribution in [0.15, 0.2) is 0 Å². The van der Waals surface area contributed by atoms with E-state index in [1.54, 1.807) is 0 Å². The number of rotatable bonds is 8. The van der Waals surface area contributed by atoms with Gasteiger partial charge < -0.3 is 30.2 Å². The molecule has 0 amide bonds. The fourth-order valence-corrected chi connectivity index (χ4v) is 1.29. The summed E-state index contributed by atoms with van der Waals surface area (Å²) in [5, 5.41) is 35.6. The Balaban J connectivity index is 4.40. The third kappa shape index (κ3) is 5.94. The number of halogens is 1. The van der Waals surface area contributed by atoms with Crippen LogP contribution in [-0.4, -0.2) is 73.7 Å². The smallest absolute Gasteiger partial charge is 0.388 e. The first-order chi connectivity index (χ1) is 8.10. The zero-order chi connectivity index (χ0) is 14.5. The number of carbonyl (C=O) groups excluding carboxylic acids is 1. The number of aliphatic hydroxyl groups is 4. The Kier molecular flexibility index (Phi) is 7.04. The molecule has 0 saturated heterocycles. The highest BCUT2D eigenvalue weighted by Gasteiger charge is 2.36. The van der Waals surface area contributed by atoms with Crippen LogP contribution in [0.3, 0.4) is 0 Å². The molecule has 11 heteroatoms. The molecule has 0 radical (unpaired) electrons. The van der Waals surface area contributed by atoms with Crippen molar-refractivity contribution in [3.05, 3.63) is 0 Å². The number of alkyl halides is 1. The van der Waals surface area contributed by atoms with Crippen LogP contribution in [0.4, 0.5) is 4.39 Å². The van der Waals surface area contributed by atoms with E-state index in [0.717, 1.165) is 0 Å². The normalized spacial score (nSPS) is 19.1. The van der Waals surface area contributed by atoms with Crippen molar-refractivity contribution in [2.75, 3.05) is 13.2 Å². The summed E-state index contributed by atoms with van der Waals surface area (Å²) in [4.78, 5) is 27.3. The first-order valence-corrected chi connectivity index (χ1v) is 6.15. The monoisotopic (exact) mass is 292 g/mol. The van der Waals surface area contributed by atoms with E-state index in [2.05, 4.69) is 4.52 Å². The topological polar surface area (TPSA) is 165 Å². The number of hydrogen-bond acceptors (Lipinski definition) is 7. The summed E-state index contributed by atoms with van der Waals surface area (Å²) >= 11 is 0. The third-order valence-corrected chi connectivity index (χ3v) is 2.41. The molecule has 0 fully saturated rings. The van der Waals surface area contributed by atoms with Gasteiger partial charge in [-0.25, -0.2) is 8.96 Å². The Hall–Kier alpha value is -0.450. The zero-order valence-electron chi connectivity index (χ0n) is 8.96. The maximum atomic E-state index is 13.3. The Labute approximate surface area is 101 Å². The van der Waals surface area contributed by atoms with Crippen molar-refractivity contribution in [3.63, 3.8) is 0 Å². The summed E-state index contributed by atoms with van der Waals surface area (Å²) in [5.74, 6) is -1.32. The molecular weight excluding hydrogens is 278 g/mol. The fourth-order valence-electron chi connectivity index (χ4n) is 0.942. The van der Waals surface area contributed by atoms with Crippen LogP contribution in [0, 0.1) is 0 Å². The summed E-state index contributed by atoms with van der Waals surface area (Å²) in [6.45, 7) is -2.27. The number of aliphatic hydroxyl groups excluding tert-OH is 4. The van der Waals surface area contributed by atoms with Gasteiger partial charge in [0.15, 0.2) is 12.0 Å². The lowest BCUT2D eigenvalue weighted by Gasteiger charge is -2.23. The van der Waals surface area contributed by atoms with E-state index in [0.29, 0.717) is 0 Å². The molecule has 9 nitrogen and oxygen atoms in total. The van der Waals surface area contributed by atoms with Crippen LogP contribution in [-0.2, 0) is 13.9 Å². The highest BCUT2D eigenvalue weighted by atomic mass is 31.2. The minimum Gasteiger partial charge on any atom is -0.388 e. The second-order valence-electron chi connectivity index (χ2n) is 3.36. The van der Waals surface area contributed by atoms with Gasteiger partial charge in [0, 0.05) is 0 Å². The summed E-state index contributed by atoms with van der Waals surface area (Å²) in [5.41, 5.74) is 0. The lowest BCUT2D eigenvalue weighted by Crippen LogP contribution is -2.47. The number of ketones is 1. The van der Waals surface area contributed by atoms with Gasteiger partial charge in [-0.2, -0.15) is 0 Å². The minimum absolute atomic E-state index is 1.11. The molecule has 6 N–H and O–H groups in total. The standard InChI is InChI=1S/C7H14FO9P/c8-5(6(12)3(10)1-9)7(13)4(11)2-17-18(14,15)16/h4-7,9,11-13H,1-2H2,(H2,14,15,16)/t4-,5+,6-,7-/m1/s1.